The summed E-state index contributed by atoms with van der Waals surface area (Å²) >= 11 is 0. The highest BCUT2D eigenvalue weighted by molar-refractivity contribution is 5.97. The zero-order valence-electron chi connectivity index (χ0n) is 16.4. The van der Waals surface area contributed by atoms with E-state index in [0.29, 0.717) is 24.2 Å². The number of anilines is 1. The number of carbonyl (C=O) groups excluding carboxylic acids is 2. The molecule has 150 valence electrons. The normalized spacial score (nSPS) is 16.2. The standard InChI is InChI=1S/C22H27N3O2.ClH/c1-3-16-8-10-17(11-9-16)20-15-23-12-13-25(20)22(27)18-6-5-7-19(14-18)24-21(26)4-2;/h5-11,14,20,23H,3-4,12-13,15H2,1-2H3,(H,24,26);1H. The van der Waals surface area contributed by atoms with Gasteiger partial charge in [-0.05, 0) is 35.7 Å². The first-order valence-electron chi connectivity index (χ1n) is 9.62. The van der Waals surface area contributed by atoms with Crippen LogP contribution < -0.4 is 10.6 Å². The fraction of sp³-hybridized carbons (Fsp3) is 0.364. The van der Waals surface area contributed by atoms with Crippen LogP contribution in [-0.4, -0.2) is 36.3 Å². The number of hydrogen-bond acceptors (Lipinski definition) is 3. The van der Waals surface area contributed by atoms with E-state index >= 15 is 0 Å². The number of nitrogens with zero attached hydrogens (tertiary/aromatic N) is 1. The Kier molecular flexibility index (Phi) is 8.03. The highest BCUT2D eigenvalue weighted by Crippen LogP contribution is 2.25. The van der Waals surface area contributed by atoms with Crippen molar-refractivity contribution in [1.82, 2.24) is 10.2 Å². The summed E-state index contributed by atoms with van der Waals surface area (Å²) in [6, 6.07) is 15.7. The zero-order valence-corrected chi connectivity index (χ0v) is 17.2. The first-order chi connectivity index (χ1) is 13.1. The number of carbonyl (C=O) groups is 2. The van der Waals surface area contributed by atoms with Crippen molar-refractivity contribution in [3.8, 4) is 0 Å². The number of benzene rings is 2. The van der Waals surface area contributed by atoms with Crippen molar-refractivity contribution in [1.29, 1.82) is 0 Å². The second-order valence-electron chi connectivity index (χ2n) is 6.80. The van der Waals surface area contributed by atoms with Gasteiger partial charge in [-0.1, -0.05) is 44.2 Å². The largest absolute Gasteiger partial charge is 0.329 e. The second-order valence-corrected chi connectivity index (χ2v) is 6.80. The Morgan fingerprint density at radius 3 is 2.57 bits per heavy atom. The summed E-state index contributed by atoms with van der Waals surface area (Å²) in [6.07, 6.45) is 1.41. The van der Waals surface area contributed by atoms with Crippen molar-refractivity contribution in [3.05, 3.63) is 65.2 Å². The minimum absolute atomic E-state index is 0. The molecule has 0 aliphatic carbocycles. The molecule has 3 rings (SSSR count). The van der Waals surface area contributed by atoms with Gasteiger partial charge in [0, 0.05) is 37.3 Å². The van der Waals surface area contributed by atoms with Gasteiger partial charge in [-0.25, -0.2) is 0 Å². The predicted molar refractivity (Wildman–Crippen MR) is 115 cm³/mol. The summed E-state index contributed by atoms with van der Waals surface area (Å²) in [6.45, 7) is 6.12. The molecule has 0 bridgehead atoms. The highest BCUT2D eigenvalue weighted by Gasteiger charge is 2.28. The Morgan fingerprint density at radius 2 is 1.89 bits per heavy atom. The molecule has 6 heteroatoms. The number of hydrogen-bond donors (Lipinski definition) is 2. The molecule has 28 heavy (non-hydrogen) atoms. The van der Waals surface area contributed by atoms with Gasteiger partial charge in [-0.3, -0.25) is 9.59 Å². The maximum Gasteiger partial charge on any atom is 0.254 e. The van der Waals surface area contributed by atoms with Gasteiger partial charge in [0.2, 0.25) is 5.91 Å². The molecule has 2 amide bonds. The van der Waals surface area contributed by atoms with Crippen LogP contribution in [-0.2, 0) is 11.2 Å². The Hall–Kier alpha value is -2.37. The van der Waals surface area contributed by atoms with Crippen molar-refractivity contribution < 1.29 is 9.59 Å². The molecule has 0 saturated carbocycles. The van der Waals surface area contributed by atoms with E-state index in [4.69, 9.17) is 0 Å². The van der Waals surface area contributed by atoms with Gasteiger partial charge in [-0.15, -0.1) is 12.4 Å². The van der Waals surface area contributed by atoms with Gasteiger partial charge in [-0.2, -0.15) is 0 Å². The third kappa shape index (κ3) is 5.12. The number of aryl methyl sites for hydroxylation is 1. The number of amides is 2. The molecule has 1 atom stereocenters. The highest BCUT2D eigenvalue weighted by atomic mass is 35.5. The molecular formula is C22H28ClN3O2. The molecule has 2 aromatic carbocycles. The summed E-state index contributed by atoms with van der Waals surface area (Å²) in [7, 11) is 0. The fourth-order valence-corrected chi connectivity index (χ4v) is 3.37. The van der Waals surface area contributed by atoms with Crippen LogP contribution in [0.1, 0.15) is 47.8 Å². The van der Waals surface area contributed by atoms with Crippen molar-refractivity contribution >= 4 is 29.9 Å². The fourth-order valence-electron chi connectivity index (χ4n) is 3.37. The second kappa shape index (κ2) is 10.2. The number of piperazine rings is 1. The first-order valence-corrected chi connectivity index (χ1v) is 9.62. The Labute approximate surface area is 172 Å². The monoisotopic (exact) mass is 401 g/mol. The lowest BCUT2D eigenvalue weighted by Crippen LogP contribution is -2.48. The van der Waals surface area contributed by atoms with Crippen molar-refractivity contribution in [2.24, 2.45) is 0 Å². The Morgan fingerprint density at radius 1 is 1.14 bits per heavy atom. The minimum Gasteiger partial charge on any atom is -0.329 e. The molecule has 2 aromatic rings. The van der Waals surface area contributed by atoms with E-state index in [1.807, 2.05) is 23.1 Å². The molecule has 1 saturated heterocycles. The lowest BCUT2D eigenvalue weighted by molar-refractivity contribution is -0.115. The van der Waals surface area contributed by atoms with Crippen LogP contribution in [0, 0.1) is 0 Å². The molecule has 1 heterocycles. The lowest BCUT2D eigenvalue weighted by Gasteiger charge is -2.36. The average Bonchev–Trinajstić information content (AvgIpc) is 2.73. The molecule has 0 radical (unpaired) electrons. The molecule has 1 unspecified atom stereocenters. The molecule has 0 spiro atoms. The molecule has 0 aromatic heterocycles. The quantitative estimate of drug-likeness (QED) is 0.800. The van der Waals surface area contributed by atoms with Crippen molar-refractivity contribution in [2.75, 3.05) is 25.0 Å². The Balaban J connectivity index is 0.00000280. The smallest absolute Gasteiger partial charge is 0.254 e. The van der Waals surface area contributed by atoms with Crippen molar-refractivity contribution in [3.63, 3.8) is 0 Å². The summed E-state index contributed by atoms with van der Waals surface area (Å²) in [5.41, 5.74) is 3.69. The van der Waals surface area contributed by atoms with E-state index in [9.17, 15) is 9.59 Å². The zero-order chi connectivity index (χ0) is 19.2. The molecule has 1 aliphatic heterocycles. The predicted octanol–water partition coefficient (Wildman–Crippen LogP) is 3.81. The third-order valence-corrected chi connectivity index (χ3v) is 4.99. The maximum atomic E-state index is 13.2. The van der Waals surface area contributed by atoms with Gasteiger partial charge in [0.15, 0.2) is 0 Å². The molecule has 1 fully saturated rings. The van der Waals surface area contributed by atoms with E-state index in [1.165, 1.54) is 5.56 Å². The summed E-state index contributed by atoms with van der Waals surface area (Å²) in [5.74, 6) is -0.0654. The van der Waals surface area contributed by atoms with E-state index in [0.717, 1.165) is 25.1 Å². The van der Waals surface area contributed by atoms with E-state index < -0.39 is 0 Å². The average molecular weight is 402 g/mol. The Bertz CT molecular complexity index is 808. The van der Waals surface area contributed by atoms with Crippen LogP contribution in [0.3, 0.4) is 0 Å². The first kappa shape index (κ1) is 21.9. The van der Waals surface area contributed by atoms with Crippen molar-refractivity contribution in [2.45, 2.75) is 32.7 Å². The number of nitrogens with one attached hydrogen (secondary N) is 2. The van der Waals surface area contributed by atoms with Crippen LogP contribution >= 0.6 is 12.4 Å². The molecule has 1 aliphatic rings. The SMILES string of the molecule is CCC(=O)Nc1cccc(C(=O)N2CCNCC2c2ccc(CC)cc2)c1.Cl. The van der Waals surface area contributed by atoms with E-state index in [1.54, 1.807) is 13.0 Å². The van der Waals surface area contributed by atoms with Gasteiger partial charge in [0.1, 0.15) is 0 Å². The molecular weight excluding hydrogens is 374 g/mol. The molecule has 2 N–H and O–H groups in total. The third-order valence-electron chi connectivity index (χ3n) is 4.99. The number of rotatable bonds is 5. The minimum atomic E-state index is -0.0596. The summed E-state index contributed by atoms with van der Waals surface area (Å²) in [5, 5.41) is 6.22. The maximum absolute atomic E-state index is 13.2. The summed E-state index contributed by atoms with van der Waals surface area (Å²) < 4.78 is 0. The van der Waals surface area contributed by atoms with Crippen LogP contribution in [0.5, 0.6) is 0 Å². The van der Waals surface area contributed by atoms with E-state index in [-0.39, 0.29) is 30.3 Å². The lowest BCUT2D eigenvalue weighted by atomic mass is 10.00. The van der Waals surface area contributed by atoms with Crippen LogP contribution in [0.25, 0.3) is 0 Å². The summed E-state index contributed by atoms with van der Waals surface area (Å²) in [4.78, 5) is 26.8. The van der Waals surface area contributed by atoms with Crippen LogP contribution in [0.2, 0.25) is 0 Å². The van der Waals surface area contributed by atoms with Gasteiger partial charge < -0.3 is 15.5 Å². The topological polar surface area (TPSA) is 61.4 Å². The van der Waals surface area contributed by atoms with Gasteiger partial charge in [0.25, 0.3) is 5.91 Å². The number of halogens is 1. The van der Waals surface area contributed by atoms with Gasteiger partial charge >= 0.3 is 0 Å². The van der Waals surface area contributed by atoms with E-state index in [2.05, 4.69) is 41.8 Å². The molecule has 5 nitrogen and oxygen atoms in total. The van der Waals surface area contributed by atoms with Crippen LogP contribution in [0.4, 0.5) is 5.69 Å². The van der Waals surface area contributed by atoms with Gasteiger partial charge in [0.05, 0.1) is 6.04 Å². The van der Waals surface area contributed by atoms with Crippen LogP contribution in [0.15, 0.2) is 48.5 Å².